The average molecular weight is 311 g/mol. The molecule has 0 bridgehead atoms. The fourth-order valence-electron chi connectivity index (χ4n) is 3.73. The molecule has 2 N–H and O–H groups in total. The summed E-state index contributed by atoms with van der Waals surface area (Å²) in [6.45, 7) is 6.76. The molecule has 0 aromatic rings. The summed E-state index contributed by atoms with van der Waals surface area (Å²) in [6, 6.07) is 0. The summed E-state index contributed by atoms with van der Waals surface area (Å²) in [5, 5.41) is 0. The maximum atomic E-state index is 12.0. The molecule has 1 fully saturated rings. The van der Waals surface area contributed by atoms with Crippen LogP contribution in [-0.2, 0) is 4.79 Å². The summed E-state index contributed by atoms with van der Waals surface area (Å²) in [6.07, 6.45) is 15.6. The molecule has 1 unspecified atom stereocenters. The van der Waals surface area contributed by atoms with Crippen LogP contribution >= 0.6 is 0 Å². The predicted octanol–water partition coefficient (Wildman–Crippen LogP) is 4.98. The lowest BCUT2D eigenvalue weighted by molar-refractivity contribution is -0.157. The summed E-state index contributed by atoms with van der Waals surface area (Å²) >= 11 is 0. The topological polar surface area (TPSA) is 46.3 Å². The number of nitrogens with two attached hydrogens (primary N) is 1. The Kier molecular flexibility index (Phi) is 9.08. The van der Waals surface area contributed by atoms with Gasteiger partial charge >= 0.3 is 0 Å². The van der Waals surface area contributed by atoms with Gasteiger partial charge in [0.05, 0.1) is 12.6 Å². The zero-order valence-electron chi connectivity index (χ0n) is 15.2. The Morgan fingerprint density at radius 2 is 1.41 bits per heavy atom. The van der Waals surface area contributed by atoms with Gasteiger partial charge in [0.15, 0.2) is 0 Å². The number of rotatable bonds is 13. The lowest BCUT2D eigenvalue weighted by atomic mass is 9.83. The van der Waals surface area contributed by atoms with Crippen molar-refractivity contribution in [2.75, 3.05) is 0 Å². The third-order valence-electron chi connectivity index (χ3n) is 5.20. The van der Waals surface area contributed by atoms with E-state index >= 15 is 0 Å². The number of carbonyl (C=O) groups is 1. The Morgan fingerprint density at radius 3 is 1.77 bits per heavy atom. The maximum absolute atomic E-state index is 12.0. The van der Waals surface area contributed by atoms with Gasteiger partial charge in [-0.05, 0) is 19.8 Å². The fraction of sp³-hybridized carbons (Fsp3) is 0.947. The van der Waals surface area contributed by atoms with Crippen LogP contribution in [0.4, 0.5) is 0 Å². The fourth-order valence-corrected chi connectivity index (χ4v) is 3.73. The minimum absolute atomic E-state index is 0.00677. The number of unbranched alkanes of at least 4 members (excludes halogenated alkanes) is 8. The van der Waals surface area contributed by atoms with Gasteiger partial charge in [-0.15, -0.1) is 0 Å². The Balaban J connectivity index is 2.43. The van der Waals surface area contributed by atoms with Crippen LogP contribution in [0.1, 0.15) is 104 Å². The molecule has 0 spiro atoms. The van der Waals surface area contributed by atoms with E-state index in [0.717, 1.165) is 12.8 Å². The maximum Gasteiger partial charge on any atom is 0.227 e. The molecule has 130 valence electrons. The molecule has 22 heavy (non-hydrogen) atoms. The van der Waals surface area contributed by atoms with E-state index in [2.05, 4.69) is 20.8 Å². The standard InChI is InChI=1S/C19H38N2O/c1-4-6-8-10-12-14-19(3,15-13-11-9-7-5-2)21-17(20)16-18(21)22/h17H,4-16,20H2,1-3H3. The Bertz CT molecular complexity index is 303. The van der Waals surface area contributed by atoms with Crippen LogP contribution in [0.15, 0.2) is 0 Å². The SMILES string of the molecule is CCCCCCCC(C)(CCCCCCC)N1C(=O)CC1N. The van der Waals surface area contributed by atoms with Gasteiger partial charge in [0, 0.05) is 5.54 Å². The summed E-state index contributed by atoms with van der Waals surface area (Å²) < 4.78 is 0. The van der Waals surface area contributed by atoms with Crippen molar-refractivity contribution in [2.45, 2.75) is 116 Å². The van der Waals surface area contributed by atoms with Crippen LogP contribution in [0, 0.1) is 0 Å². The van der Waals surface area contributed by atoms with Gasteiger partial charge in [-0.25, -0.2) is 0 Å². The molecule has 1 saturated heterocycles. The molecule has 0 aromatic carbocycles. The van der Waals surface area contributed by atoms with Crippen molar-refractivity contribution in [2.24, 2.45) is 5.73 Å². The highest BCUT2D eigenvalue weighted by atomic mass is 16.2. The minimum Gasteiger partial charge on any atom is -0.321 e. The van der Waals surface area contributed by atoms with Crippen LogP contribution in [0.2, 0.25) is 0 Å². The van der Waals surface area contributed by atoms with Gasteiger partial charge in [-0.3, -0.25) is 4.79 Å². The lowest BCUT2D eigenvalue weighted by Crippen LogP contribution is -2.66. The lowest BCUT2D eigenvalue weighted by Gasteiger charge is -2.51. The van der Waals surface area contributed by atoms with E-state index in [-0.39, 0.29) is 17.6 Å². The number of amides is 1. The van der Waals surface area contributed by atoms with Gasteiger partial charge in [-0.2, -0.15) is 0 Å². The van der Waals surface area contributed by atoms with Crippen molar-refractivity contribution in [1.29, 1.82) is 0 Å². The molecule has 0 saturated carbocycles. The molecule has 0 radical (unpaired) electrons. The third-order valence-corrected chi connectivity index (χ3v) is 5.20. The van der Waals surface area contributed by atoms with E-state index in [4.69, 9.17) is 5.73 Å². The van der Waals surface area contributed by atoms with Crippen molar-refractivity contribution in [3.8, 4) is 0 Å². The van der Waals surface area contributed by atoms with Gasteiger partial charge < -0.3 is 10.6 Å². The van der Waals surface area contributed by atoms with E-state index in [1.807, 2.05) is 4.90 Å². The Hall–Kier alpha value is -0.570. The molecule has 0 aliphatic carbocycles. The molecule has 0 aromatic heterocycles. The third kappa shape index (κ3) is 5.91. The van der Waals surface area contributed by atoms with E-state index in [9.17, 15) is 4.79 Å². The molecule has 1 aliphatic rings. The number of hydrogen-bond acceptors (Lipinski definition) is 2. The number of nitrogens with zero attached hydrogens (tertiary/aromatic N) is 1. The highest BCUT2D eigenvalue weighted by Crippen LogP contribution is 2.35. The normalized spacial score (nSPS) is 18.6. The molecular formula is C19H38N2O. The molecule has 3 nitrogen and oxygen atoms in total. The number of carbonyl (C=O) groups excluding carboxylic acids is 1. The van der Waals surface area contributed by atoms with Crippen LogP contribution in [0.5, 0.6) is 0 Å². The van der Waals surface area contributed by atoms with E-state index in [0.29, 0.717) is 6.42 Å². The summed E-state index contributed by atoms with van der Waals surface area (Å²) in [5.41, 5.74) is 6.10. The van der Waals surface area contributed by atoms with Crippen molar-refractivity contribution in [1.82, 2.24) is 4.90 Å². The second-order valence-corrected chi connectivity index (χ2v) is 7.36. The average Bonchev–Trinajstić information content (AvgIpc) is 2.46. The molecule has 1 amide bonds. The first-order chi connectivity index (χ1) is 10.5. The molecule has 1 heterocycles. The predicted molar refractivity (Wildman–Crippen MR) is 94.6 cm³/mol. The van der Waals surface area contributed by atoms with Crippen molar-refractivity contribution in [3.05, 3.63) is 0 Å². The first-order valence-corrected chi connectivity index (χ1v) is 9.63. The van der Waals surface area contributed by atoms with Crippen LogP contribution in [0.25, 0.3) is 0 Å². The van der Waals surface area contributed by atoms with Crippen molar-refractivity contribution < 1.29 is 4.79 Å². The van der Waals surface area contributed by atoms with E-state index < -0.39 is 0 Å². The second kappa shape index (κ2) is 10.3. The minimum atomic E-state index is -0.0382. The molecule has 1 atom stereocenters. The highest BCUT2D eigenvalue weighted by Gasteiger charge is 2.44. The molecular weight excluding hydrogens is 272 g/mol. The summed E-state index contributed by atoms with van der Waals surface area (Å²) in [4.78, 5) is 14.0. The van der Waals surface area contributed by atoms with Gasteiger partial charge in [-0.1, -0.05) is 78.1 Å². The largest absolute Gasteiger partial charge is 0.321 e. The zero-order chi connectivity index (χ0) is 16.4. The number of likely N-dealkylation sites (tertiary alicyclic amines) is 1. The van der Waals surface area contributed by atoms with E-state index in [1.165, 1.54) is 64.2 Å². The summed E-state index contributed by atoms with van der Waals surface area (Å²) in [7, 11) is 0. The quantitative estimate of drug-likeness (QED) is 0.385. The van der Waals surface area contributed by atoms with Crippen molar-refractivity contribution in [3.63, 3.8) is 0 Å². The number of hydrogen-bond donors (Lipinski definition) is 1. The van der Waals surface area contributed by atoms with Crippen LogP contribution in [0.3, 0.4) is 0 Å². The van der Waals surface area contributed by atoms with Crippen LogP contribution < -0.4 is 5.73 Å². The van der Waals surface area contributed by atoms with Crippen LogP contribution in [-0.4, -0.2) is 22.5 Å². The number of β-lactam (4-membered cyclic amide) rings is 1. The van der Waals surface area contributed by atoms with Crippen molar-refractivity contribution >= 4 is 5.91 Å². The molecule has 1 aliphatic heterocycles. The van der Waals surface area contributed by atoms with Gasteiger partial charge in [0.25, 0.3) is 0 Å². The first kappa shape index (κ1) is 19.5. The zero-order valence-corrected chi connectivity index (χ0v) is 15.2. The second-order valence-electron chi connectivity index (χ2n) is 7.36. The van der Waals surface area contributed by atoms with Gasteiger partial charge in [0.1, 0.15) is 0 Å². The monoisotopic (exact) mass is 310 g/mol. The van der Waals surface area contributed by atoms with E-state index in [1.54, 1.807) is 0 Å². The summed E-state index contributed by atoms with van der Waals surface area (Å²) in [5.74, 6) is 0.261. The molecule has 1 rings (SSSR count). The smallest absolute Gasteiger partial charge is 0.227 e. The highest BCUT2D eigenvalue weighted by molar-refractivity contribution is 5.83. The molecule has 3 heteroatoms. The Morgan fingerprint density at radius 1 is 0.955 bits per heavy atom. The Labute approximate surface area is 138 Å². The van der Waals surface area contributed by atoms with Gasteiger partial charge in [0.2, 0.25) is 5.91 Å². The first-order valence-electron chi connectivity index (χ1n) is 9.63.